The van der Waals surface area contributed by atoms with Gasteiger partial charge in [-0.3, -0.25) is 0 Å². The first-order chi connectivity index (χ1) is 12.0. The van der Waals surface area contributed by atoms with E-state index >= 15 is 0 Å². The summed E-state index contributed by atoms with van der Waals surface area (Å²) in [6.45, 7) is 0. The van der Waals surface area contributed by atoms with Crippen LogP contribution in [0.1, 0.15) is 30.0 Å². The summed E-state index contributed by atoms with van der Waals surface area (Å²) in [6, 6.07) is 3.43. The lowest BCUT2D eigenvalue weighted by Crippen LogP contribution is -2.07. The van der Waals surface area contributed by atoms with Crippen LogP contribution in [0.2, 0.25) is 0 Å². The quantitative estimate of drug-likeness (QED) is 0.745. The van der Waals surface area contributed by atoms with E-state index in [2.05, 4.69) is 25.3 Å². The minimum atomic E-state index is -4.45. The summed E-state index contributed by atoms with van der Waals surface area (Å²) in [5, 5.41) is 2.98. The van der Waals surface area contributed by atoms with Gasteiger partial charge in [0.15, 0.2) is 11.6 Å². The van der Waals surface area contributed by atoms with Gasteiger partial charge in [0.05, 0.1) is 23.8 Å². The van der Waals surface area contributed by atoms with E-state index in [0.717, 1.165) is 19.0 Å². The maximum atomic E-state index is 13.2. The summed E-state index contributed by atoms with van der Waals surface area (Å²) >= 11 is 0. The number of nitrogens with zero attached hydrogens (tertiary/aromatic N) is 3. The molecule has 1 aliphatic rings. The third-order valence-electron chi connectivity index (χ3n) is 4.05. The van der Waals surface area contributed by atoms with Crippen molar-refractivity contribution in [3.8, 4) is 5.75 Å². The molecule has 0 atom stereocenters. The Morgan fingerprint density at radius 1 is 1.28 bits per heavy atom. The number of aromatic amines is 1. The van der Waals surface area contributed by atoms with Crippen LogP contribution in [0.15, 0.2) is 24.5 Å². The van der Waals surface area contributed by atoms with Gasteiger partial charge in [-0.1, -0.05) is 0 Å². The molecule has 0 radical (unpaired) electrons. The second-order valence-corrected chi connectivity index (χ2v) is 5.81. The number of nitrogens with one attached hydrogen (secondary N) is 2. The van der Waals surface area contributed by atoms with Crippen molar-refractivity contribution in [1.82, 2.24) is 19.9 Å². The minimum Gasteiger partial charge on any atom is -0.493 e. The van der Waals surface area contributed by atoms with Crippen molar-refractivity contribution in [3.63, 3.8) is 0 Å². The van der Waals surface area contributed by atoms with E-state index in [0.29, 0.717) is 17.3 Å². The predicted octanol–water partition coefficient (Wildman–Crippen LogP) is 4.00. The number of methoxy groups -OCH3 is 1. The van der Waals surface area contributed by atoms with Crippen LogP contribution >= 0.6 is 0 Å². The lowest BCUT2D eigenvalue weighted by molar-refractivity contribution is -0.136. The molecular weight excluding hydrogens is 335 g/mol. The maximum Gasteiger partial charge on any atom is 0.418 e. The standard InChI is InChI=1S/C16H14F3N5O/c1-25-10-3-2-6-20-13(10)23-15-22-12(8-4-5-8)11-9(16(17,18)19)7-21-14(11)24-15/h2-3,6-8H,4-5H2,1H3,(H2,20,21,22,23,24). The van der Waals surface area contributed by atoms with Crippen LogP contribution in [0.5, 0.6) is 5.75 Å². The average Bonchev–Trinajstić information content (AvgIpc) is 3.32. The van der Waals surface area contributed by atoms with E-state index in [1.54, 1.807) is 18.3 Å². The summed E-state index contributed by atoms with van der Waals surface area (Å²) < 4.78 is 44.9. The van der Waals surface area contributed by atoms with Crippen molar-refractivity contribution in [2.75, 3.05) is 12.4 Å². The van der Waals surface area contributed by atoms with Crippen molar-refractivity contribution in [3.05, 3.63) is 35.8 Å². The van der Waals surface area contributed by atoms with Gasteiger partial charge in [-0.15, -0.1) is 0 Å². The zero-order valence-electron chi connectivity index (χ0n) is 13.2. The summed E-state index contributed by atoms with van der Waals surface area (Å²) in [6.07, 6.45) is -0.301. The van der Waals surface area contributed by atoms with E-state index in [1.807, 2.05) is 0 Å². The van der Waals surface area contributed by atoms with E-state index in [-0.39, 0.29) is 22.9 Å². The van der Waals surface area contributed by atoms with Crippen LogP contribution in [-0.4, -0.2) is 27.0 Å². The Labute approximate surface area is 140 Å². The highest BCUT2D eigenvalue weighted by atomic mass is 19.4. The van der Waals surface area contributed by atoms with Crippen molar-refractivity contribution in [2.24, 2.45) is 0 Å². The Hall–Kier alpha value is -2.84. The zero-order valence-corrected chi connectivity index (χ0v) is 13.2. The molecule has 0 amide bonds. The molecule has 6 nitrogen and oxygen atoms in total. The average molecular weight is 349 g/mol. The first-order valence-corrected chi connectivity index (χ1v) is 7.69. The maximum absolute atomic E-state index is 13.2. The van der Waals surface area contributed by atoms with Crippen molar-refractivity contribution >= 4 is 22.8 Å². The van der Waals surface area contributed by atoms with Gasteiger partial charge in [-0.2, -0.15) is 18.2 Å². The molecule has 0 spiro atoms. The topological polar surface area (TPSA) is 75.7 Å². The molecule has 0 bridgehead atoms. The summed E-state index contributed by atoms with van der Waals surface area (Å²) in [5.41, 5.74) is -0.163. The molecule has 130 valence electrons. The molecular formula is C16H14F3N5O. The summed E-state index contributed by atoms with van der Waals surface area (Å²) in [7, 11) is 1.50. The highest BCUT2D eigenvalue weighted by molar-refractivity contribution is 5.85. The highest BCUT2D eigenvalue weighted by Crippen LogP contribution is 2.45. The molecule has 1 saturated carbocycles. The number of ether oxygens (including phenoxy) is 1. The lowest BCUT2D eigenvalue weighted by atomic mass is 10.1. The largest absolute Gasteiger partial charge is 0.493 e. The molecule has 2 N–H and O–H groups in total. The number of aromatic nitrogens is 4. The number of fused-ring (bicyclic) bond motifs is 1. The third kappa shape index (κ3) is 2.86. The second kappa shape index (κ2) is 5.61. The Morgan fingerprint density at radius 2 is 2.08 bits per heavy atom. The number of rotatable bonds is 4. The Morgan fingerprint density at radius 3 is 2.76 bits per heavy atom. The highest BCUT2D eigenvalue weighted by Gasteiger charge is 2.38. The monoisotopic (exact) mass is 349 g/mol. The zero-order chi connectivity index (χ0) is 17.6. The number of hydrogen-bond donors (Lipinski definition) is 2. The molecule has 3 heterocycles. The molecule has 4 rings (SSSR count). The third-order valence-corrected chi connectivity index (χ3v) is 4.05. The number of pyridine rings is 1. The fourth-order valence-corrected chi connectivity index (χ4v) is 2.75. The molecule has 3 aromatic rings. The normalized spacial score (nSPS) is 14.7. The molecule has 0 saturated heterocycles. The predicted molar refractivity (Wildman–Crippen MR) is 84.9 cm³/mol. The number of H-pyrrole nitrogens is 1. The number of anilines is 2. The Balaban J connectivity index is 1.81. The molecule has 9 heteroatoms. The van der Waals surface area contributed by atoms with Gasteiger partial charge in [-0.05, 0) is 25.0 Å². The SMILES string of the molecule is COc1cccnc1Nc1nc(C2CC2)c2c(C(F)(F)F)c[nH]c2n1. The minimum absolute atomic E-state index is 0.0218. The van der Waals surface area contributed by atoms with Crippen molar-refractivity contribution < 1.29 is 17.9 Å². The van der Waals surface area contributed by atoms with E-state index in [9.17, 15) is 13.2 Å². The van der Waals surface area contributed by atoms with E-state index in [4.69, 9.17) is 4.74 Å². The van der Waals surface area contributed by atoms with E-state index in [1.165, 1.54) is 7.11 Å². The number of alkyl halides is 3. The first-order valence-electron chi connectivity index (χ1n) is 7.69. The van der Waals surface area contributed by atoms with Gasteiger partial charge in [0.1, 0.15) is 5.65 Å². The van der Waals surface area contributed by atoms with Gasteiger partial charge in [-0.25, -0.2) is 9.97 Å². The van der Waals surface area contributed by atoms with Gasteiger partial charge < -0.3 is 15.0 Å². The smallest absolute Gasteiger partial charge is 0.418 e. The van der Waals surface area contributed by atoms with Gasteiger partial charge in [0, 0.05) is 18.3 Å². The second-order valence-electron chi connectivity index (χ2n) is 5.81. The number of halogens is 3. The van der Waals surface area contributed by atoms with Crippen molar-refractivity contribution in [2.45, 2.75) is 24.9 Å². The molecule has 1 aliphatic carbocycles. The van der Waals surface area contributed by atoms with Gasteiger partial charge in [0.2, 0.25) is 5.95 Å². The molecule has 0 unspecified atom stereocenters. The van der Waals surface area contributed by atoms with E-state index < -0.39 is 11.7 Å². The summed E-state index contributed by atoms with van der Waals surface area (Å²) in [5.74, 6) is 1.09. The van der Waals surface area contributed by atoms with Crippen LogP contribution < -0.4 is 10.1 Å². The van der Waals surface area contributed by atoms with Crippen LogP contribution in [0, 0.1) is 0 Å². The lowest BCUT2D eigenvalue weighted by Gasteiger charge is -2.11. The van der Waals surface area contributed by atoms with Gasteiger partial charge >= 0.3 is 6.18 Å². The van der Waals surface area contributed by atoms with Gasteiger partial charge in [0.25, 0.3) is 0 Å². The Bertz CT molecular complexity index is 933. The summed E-state index contributed by atoms with van der Waals surface area (Å²) in [4.78, 5) is 15.3. The van der Waals surface area contributed by atoms with Crippen LogP contribution in [0.4, 0.5) is 24.9 Å². The first kappa shape index (κ1) is 15.7. The fraction of sp³-hybridized carbons (Fsp3) is 0.312. The molecule has 25 heavy (non-hydrogen) atoms. The molecule has 0 aromatic carbocycles. The molecule has 0 aliphatic heterocycles. The molecule has 1 fully saturated rings. The van der Waals surface area contributed by atoms with Crippen LogP contribution in [0.25, 0.3) is 11.0 Å². The van der Waals surface area contributed by atoms with Crippen LogP contribution in [0.3, 0.4) is 0 Å². The molecule has 3 aromatic heterocycles. The van der Waals surface area contributed by atoms with Crippen molar-refractivity contribution in [1.29, 1.82) is 0 Å². The Kier molecular flexibility index (Phi) is 3.52. The number of hydrogen-bond acceptors (Lipinski definition) is 5. The fourth-order valence-electron chi connectivity index (χ4n) is 2.75. The van der Waals surface area contributed by atoms with Crippen LogP contribution in [-0.2, 0) is 6.18 Å².